The fourth-order valence-corrected chi connectivity index (χ4v) is 6.77. The van der Waals surface area contributed by atoms with Crippen LogP contribution in [-0.2, 0) is 4.74 Å². The maximum absolute atomic E-state index is 12.8. The molecule has 0 unspecified atom stereocenters. The number of ether oxygens (including phenoxy) is 1. The monoisotopic (exact) mass is 490 g/mol. The zero-order chi connectivity index (χ0) is 22.6. The van der Waals surface area contributed by atoms with Crippen molar-refractivity contribution in [3.8, 4) is 11.1 Å². The standard InChI is InChI=1S/C25H28Cl2N2O2S/c1-25(2,3)31-24(30)28-9-7-21-19(14-28)18-11-15(17-6-5-16(26)13-20(17)27)12-22-23(18)29(21)8-4-10-32-22/h5-6,11-13,19,21H,4,7-10,14H2,1-3H3/t19-,21-/m0/s1. The van der Waals surface area contributed by atoms with E-state index in [0.717, 1.165) is 42.8 Å². The van der Waals surface area contributed by atoms with E-state index < -0.39 is 5.60 Å². The van der Waals surface area contributed by atoms with Gasteiger partial charge in [0, 0.05) is 52.1 Å². The third-order valence-corrected chi connectivity index (χ3v) is 8.13. The number of piperidine rings is 1. The van der Waals surface area contributed by atoms with Gasteiger partial charge in [-0.25, -0.2) is 4.79 Å². The van der Waals surface area contributed by atoms with Crippen molar-refractivity contribution in [3.63, 3.8) is 0 Å². The molecule has 3 heterocycles. The number of carbonyl (C=O) groups is 1. The van der Waals surface area contributed by atoms with Gasteiger partial charge in [0.2, 0.25) is 0 Å². The van der Waals surface area contributed by atoms with E-state index in [9.17, 15) is 4.79 Å². The fourth-order valence-electron chi connectivity index (χ4n) is 5.18. The van der Waals surface area contributed by atoms with E-state index in [-0.39, 0.29) is 12.0 Å². The molecule has 1 saturated heterocycles. The number of anilines is 1. The Balaban J connectivity index is 1.55. The highest BCUT2D eigenvalue weighted by Crippen LogP contribution is 2.52. The Morgan fingerprint density at radius 2 is 1.97 bits per heavy atom. The minimum atomic E-state index is -0.489. The number of nitrogens with zero attached hydrogens (tertiary/aromatic N) is 2. The molecule has 170 valence electrons. The van der Waals surface area contributed by atoms with Gasteiger partial charge in [-0.1, -0.05) is 29.3 Å². The van der Waals surface area contributed by atoms with E-state index in [4.69, 9.17) is 27.9 Å². The average molecular weight is 491 g/mol. The summed E-state index contributed by atoms with van der Waals surface area (Å²) in [6, 6.07) is 10.7. The van der Waals surface area contributed by atoms with Gasteiger partial charge in [0.05, 0.1) is 5.69 Å². The lowest BCUT2D eigenvalue weighted by Gasteiger charge is -2.39. The molecule has 2 aromatic carbocycles. The number of carbonyl (C=O) groups excluding carboxylic acids is 1. The first-order valence-corrected chi connectivity index (χ1v) is 13.0. The summed E-state index contributed by atoms with van der Waals surface area (Å²) in [5.41, 5.74) is 4.31. The van der Waals surface area contributed by atoms with Gasteiger partial charge >= 0.3 is 6.09 Å². The van der Waals surface area contributed by atoms with Crippen molar-refractivity contribution in [2.75, 3.05) is 30.3 Å². The minimum Gasteiger partial charge on any atom is -0.444 e. The molecule has 0 N–H and O–H groups in total. The summed E-state index contributed by atoms with van der Waals surface area (Å²) in [4.78, 5) is 18.6. The molecule has 0 aliphatic carbocycles. The SMILES string of the molecule is CC(C)(C)OC(=O)N1CC[C@H]2[C@@H](C1)c1cc(-c3ccc(Cl)cc3Cl)cc3c1N2CCCS3. The van der Waals surface area contributed by atoms with Gasteiger partial charge in [0.25, 0.3) is 0 Å². The molecule has 7 heteroatoms. The Kier molecular flexibility index (Phi) is 5.80. The molecule has 0 bridgehead atoms. The molecule has 0 radical (unpaired) electrons. The number of halogens is 2. The van der Waals surface area contributed by atoms with Crippen molar-refractivity contribution in [1.29, 1.82) is 0 Å². The van der Waals surface area contributed by atoms with Crippen LogP contribution in [0.1, 0.15) is 45.1 Å². The van der Waals surface area contributed by atoms with E-state index in [1.807, 2.05) is 49.6 Å². The van der Waals surface area contributed by atoms with E-state index in [1.54, 1.807) is 6.07 Å². The summed E-state index contributed by atoms with van der Waals surface area (Å²) in [6.45, 7) is 8.25. The first kappa shape index (κ1) is 22.2. The average Bonchev–Trinajstić information content (AvgIpc) is 2.87. The lowest BCUT2D eigenvalue weighted by molar-refractivity contribution is 0.0189. The number of fused-ring (bicyclic) bond motifs is 3. The van der Waals surface area contributed by atoms with Gasteiger partial charge in [0.15, 0.2) is 0 Å². The Hall–Kier alpha value is -1.56. The highest BCUT2D eigenvalue weighted by molar-refractivity contribution is 7.99. The molecule has 1 amide bonds. The molecule has 3 aliphatic rings. The van der Waals surface area contributed by atoms with E-state index in [0.29, 0.717) is 22.6 Å². The van der Waals surface area contributed by atoms with Crippen LogP contribution in [0.25, 0.3) is 11.1 Å². The summed E-state index contributed by atoms with van der Waals surface area (Å²) < 4.78 is 5.68. The first-order chi connectivity index (χ1) is 15.2. The van der Waals surface area contributed by atoms with Crippen molar-refractivity contribution >= 4 is 46.7 Å². The first-order valence-electron chi connectivity index (χ1n) is 11.2. The Bertz CT molecular complexity index is 1070. The fraction of sp³-hybridized carbons (Fsp3) is 0.480. The van der Waals surface area contributed by atoms with Gasteiger partial charge in [-0.2, -0.15) is 0 Å². The number of rotatable bonds is 1. The second-order valence-electron chi connectivity index (χ2n) is 9.82. The molecule has 2 atom stereocenters. The number of hydrogen-bond donors (Lipinski definition) is 0. The molecule has 0 aromatic heterocycles. The number of likely N-dealkylation sites (tertiary alicyclic amines) is 1. The summed E-state index contributed by atoms with van der Waals surface area (Å²) in [5, 5.41) is 1.30. The van der Waals surface area contributed by atoms with Crippen LogP contribution in [0.5, 0.6) is 0 Å². The van der Waals surface area contributed by atoms with Crippen LogP contribution in [0.4, 0.5) is 10.5 Å². The minimum absolute atomic E-state index is 0.213. The third kappa shape index (κ3) is 4.08. The zero-order valence-electron chi connectivity index (χ0n) is 18.7. The predicted molar refractivity (Wildman–Crippen MR) is 134 cm³/mol. The number of thioether (sulfide) groups is 1. The number of amides is 1. The number of benzene rings is 2. The molecule has 0 saturated carbocycles. The van der Waals surface area contributed by atoms with Crippen LogP contribution in [0.15, 0.2) is 35.2 Å². The molecule has 2 aromatic rings. The van der Waals surface area contributed by atoms with Gasteiger partial charge in [-0.05, 0) is 74.8 Å². The summed E-state index contributed by atoms with van der Waals surface area (Å²) in [5.74, 6) is 1.39. The van der Waals surface area contributed by atoms with E-state index >= 15 is 0 Å². The smallest absolute Gasteiger partial charge is 0.410 e. The van der Waals surface area contributed by atoms with E-state index in [1.165, 1.54) is 16.1 Å². The molecular weight excluding hydrogens is 463 g/mol. The highest BCUT2D eigenvalue weighted by Gasteiger charge is 2.45. The summed E-state index contributed by atoms with van der Waals surface area (Å²) >= 11 is 14.7. The van der Waals surface area contributed by atoms with Gasteiger partial charge in [-0.3, -0.25) is 0 Å². The maximum Gasteiger partial charge on any atom is 0.410 e. The Morgan fingerprint density at radius 3 is 2.72 bits per heavy atom. The van der Waals surface area contributed by atoms with Crippen LogP contribution in [-0.4, -0.2) is 48.0 Å². The van der Waals surface area contributed by atoms with Gasteiger partial charge < -0.3 is 14.5 Å². The van der Waals surface area contributed by atoms with Crippen molar-refractivity contribution in [3.05, 3.63) is 45.9 Å². The molecular formula is C25H28Cl2N2O2S. The van der Waals surface area contributed by atoms with Crippen LogP contribution in [0.3, 0.4) is 0 Å². The topological polar surface area (TPSA) is 32.8 Å². The van der Waals surface area contributed by atoms with Crippen molar-refractivity contribution in [2.45, 2.75) is 56.1 Å². The van der Waals surface area contributed by atoms with Crippen molar-refractivity contribution in [1.82, 2.24) is 4.90 Å². The summed E-state index contributed by atoms with van der Waals surface area (Å²) in [6.07, 6.45) is 1.91. The lowest BCUT2D eigenvalue weighted by atomic mass is 9.88. The predicted octanol–water partition coefficient (Wildman–Crippen LogP) is 7.07. The maximum atomic E-state index is 12.8. The van der Waals surface area contributed by atoms with Crippen LogP contribution < -0.4 is 4.90 Å². The third-order valence-electron chi connectivity index (χ3n) is 6.46. The van der Waals surface area contributed by atoms with Crippen LogP contribution >= 0.6 is 35.0 Å². The zero-order valence-corrected chi connectivity index (χ0v) is 21.0. The van der Waals surface area contributed by atoms with Crippen molar-refractivity contribution < 1.29 is 9.53 Å². The quantitative estimate of drug-likeness (QED) is 0.427. The Morgan fingerprint density at radius 1 is 1.16 bits per heavy atom. The van der Waals surface area contributed by atoms with E-state index in [2.05, 4.69) is 17.0 Å². The van der Waals surface area contributed by atoms with Gasteiger partial charge in [0.1, 0.15) is 5.60 Å². The second kappa shape index (κ2) is 8.34. The Labute approximate surface area is 204 Å². The largest absolute Gasteiger partial charge is 0.444 e. The highest BCUT2D eigenvalue weighted by atomic mass is 35.5. The molecule has 1 fully saturated rings. The molecule has 4 nitrogen and oxygen atoms in total. The van der Waals surface area contributed by atoms with Gasteiger partial charge in [-0.15, -0.1) is 11.8 Å². The number of hydrogen-bond acceptors (Lipinski definition) is 4. The van der Waals surface area contributed by atoms with Crippen LogP contribution in [0.2, 0.25) is 10.0 Å². The van der Waals surface area contributed by atoms with Crippen molar-refractivity contribution in [2.24, 2.45) is 0 Å². The second-order valence-corrected chi connectivity index (χ2v) is 11.8. The molecule has 32 heavy (non-hydrogen) atoms. The molecule has 0 spiro atoms. The molecule has 3 aliphatic heterocycles. The normalized spacial score (nSPS) is 22.3. The summed E-state index contributed by atoms with van der Waals surface area (Å²) in [7, 11) is 0. The lowest BCUT2D eigenvalue weighted by Crippen LogP contribution is -2.49. The molecule has 5 rings (SSSR count). The van der Waals surface area contributed by atoms with Crippen LogP contribution in [0, 0.1) is 0 Å².